The normalized spacial score (nSPS) is 19.9. The molecule has 0 bridgehead atoms. The number of carbonyl (C=O) groups excluding carboxylic acids is 2. The van der Waals surface area contributed by atoms with Crippen LogP contribution in [0.25, 0.3) is 0 Å². The average molecular weight is 363 g/mol. The maximum absolute atomic E-state index is 12.5. The zero-order chi connectivity index (χ0) is 19.3. The van der Waals surface area contributed by atoms with Gasteiger partial charge in [-0.15, -0.1) is 0 Å². The summed E-state index contributed by atoms with van der Waals surface area (Å²) in [6.07, 6.45) is 2.55. The van der Waals surface area contributed by atoms with Crippen molar-refractivity contribution in [2.75, 3.05) is 19.8 Å². The van der Waals surface area contributed by atoms with Crippen LogP contribution in [0.4, 0.5) is 0 Å². The highest BCUT2D eigenvalue weighted by atomic mass is 16.5. The van der Waals surface area contributed by atoms with E-state index < -0.39 is 0 Å². The van der Waals surface area contributed by atoms with Crippen molar-refractivity contribution in [2.45, 2.75) is 59.7 Å². The number of aryl methyl sites for hydroxylation is 1. The van der Waals surface area contributed by atoms with Gasteiger partial charge in [0.25, 0.3) is 0 Å². The highest BCUT2D eigenvalue weighted by molar-refractivity contribution is 5.96. The van der Waals surface area contributed by atoms with Gasteiger partial charge in [0.15, 0.2) is 5.78 Å². The van der Waals surface area contributed by atoms with Crippen LogP contribution in [0, 0.1) is 13.8 Å². The van der Waals surface area contributed by atoms with Crippen LogP contribution in [0.1, 0.15) is 48.9 Å². The van der Waals surface area contributed by atoms with Crippen molar-refractivity contribution < 1.29 is 19.1 Å². The summed E-state index contributed by atoms with van der Waals surface area (Å²) in [6.45, 7) is 10.8. The van der Waals surface area contributed by atoms with Gasteiger partial charge >= 0.3 is 0 Å². The smallest absolute Gasteiger partial charge is 0.242 e. The van der Waals surface area contributed by atoms with Crippen LogP contribution < -0.4 is 5.32 Å². The maximum atomic E-state index is 12.5. The molecule has 1 aliphatic heterocycles. The van der Waals surface area contributed by atoms with Crippen LogP contribution in [0.15, 0.2) is 11.6 Å². The molecule has 0 spiro atoms. The first-order valence-corrected chi connectivity index (χ1v) is 8.96. The minimum Gasteiger partial charge on any atom is -0.379 e. The lowest BCUT2D eigenvalue weighted by Crippen LogP contribution is -2.50. The Balaban J connectivity index is 1.98. The number of ether oxygens (including phenoxy) is 2. The largest absolute Gasteiger partial charge is 0.379 e. The van der Waals surface area contributed by atoms with E-state index in [9.17, 15) is 9.59 Å². The number of rotatable bonds is 7. The molecule has 1 fully saturated rings. The van der Waals surface area contributed by atoms with Crippen LogP contribution >= 0.6 is 0 Å². The van der Waals surface area contributed by atoms with Crippen LogP contribution in [0.2, 0.25) is 0 Å². The summed E-state index contributed by atoms with van der Waals surface area (Å²) in [4.78, 5) is 24.2. The molecule has 0 unspecified atom stereocenters. The van der Waals surface area contributed by atoms with Crippen molar-refractivity contribution in [3.8, 4) is 0 Å². The topological polar surface area (TPSA) is 82.5 Å². The van der Waals surface area contributed by atoms with Gasteiger partial charge in [0, 0.05) is 12.3 Å². The van der Waals surface area contributed by atoms with Crippen LogP contribution in [-0.4, -0.2) is 53.4 Å². The molecule has 144 valence electrons. The molecule has 1 saturated heterocycles. The maximum Gasteiger partial charge on any atom is 0.242 e. The molecule has 2 heterocycles. The zero-order valence-electron chi connectivity index (χ0n) is 16.3. The summed E-state index contributed by atoms with van der Waals surface area (Å²) in [6, 6.07) is -0.0916. The molecule has 1 amide bonds. The second-order valence-electron chi connectivity index (χ2n) is 6.95. The third kappa shape index (κ3) is 5.25. The first-order chi connectivity index (χ1) is 12.3. The Labute approximate surface area is 154 Å². The fourth-order valence-corrected chi connectivity index (χ4v) is 3.13. The minimum absolute atomic E-state index is 0.0381. The molecule has 0 saturated carbocycles. The Morgan fingerprint density at radius 3 is 2.69 bits per heavy atom. The van der Waals surface area contributed by atoms with E-state index in [0.717, 1.165) is 0 Å². The van der Waals surface area contributed by atoms with Crippen LogP contribution in [0.3, 0.4) is 0 Å². The van der Waals surface area contributed by atoms with Crippen LogP contribution in [0.5, 0.6) is 0 Å². The summed E-state index contributed by atoms with van der Waals surface area (Å²) in [7, 11) is 0. The van der Waals surface area contributed by atoms with Gasteiger partial charge in [-0.1, -0.05) is 11.6 Å². The van der Waals surface area contributed by atoms with Gasteiger partial charge in [0.2, 0.25) is 5.91 Å². The Hall–Kier alpha value is -1.99. The Morgan fingerprint density at radius 2 is 2.08 bits per heavy atom. The fourth-order valence-electron chi connectivity index (χ4n) is 3.13. The summed E-state index contributed by atoms with van der Waals surface area (Å²) < 4.78 is 12.9. The third-order valence-corrected chi connectivity index (χ3v) is 4.48. The summed E-state index contributed by atoms with van der Waals surface area (Å²) >= 11 is 0. The van der Waals surface area contributed by atoms with Crippen molar-refractivity contribution in [2.24, 2.45) is 0 Å². The van der Waals surface area contributed by atoms with Gasteiger partial charge < -0.3 is 14.8 Å². The summed E-state index contributed by atoms with van der Waals surface area (Å²) in [5.74, 6) is -0.183. The molecule has 2 atom stereocenters. The minimum atomic E-state index is -0.170. The molecule has 2 rings (SSSR count). The molecule has 1 aromatic heterocycles. The van der Waals surface area contributed by atoms with Crippen molar-refractivity contribution in [3.05, 3.63) is 28.6 Å². The number of nitrogens with zero attached hydrogens (tertiary/aromatic N) is 2. The molecule has 0 aromatic carbocycles. The number of aromatic nitrogens is 2. The highest BCUT2D eigenvalue weighted by Crippen LogP contribution is 2.15. The van der Waals surface area contributed by atoms with E-state index in [4.69, 9.17) is 9.47 Å². The third-order valence-electron chi connectivity index (χ3n) is 4.48. The van der Waals surface area contributed by atoms with Gasteiger partial charge in [-0.3, -0.25) is 14.3 Å². The molecule has 26 heavy (non-hydrogen) atoms. The first-order valence-electron chi connectivity index (χ1n) is 8.96. The van der Waals surface area contributed by atoms with Gasteiger partial charge in [0.05, 0.1) is 30.5 Å². The lowest BCUT2D eigenvalue weighted by molar-refractivity contribution is -0.126. The number of allylic oxidation sites excluding steroid dienone is 1. The first kappa shape index (κ1) is 20.3. The van der Waals surface area contributed by atoms with E-state index in [0.29, 0.717) is 43.2 Å². The van der Waals surface area contributed by atoms with Crippen molar-refractivity contribution in [3.63, 3.8) is 0 Å². The van der Waals surface area contributed by atoms with Crippen molar-refractivity contribution >= 4 is 11.7 Å². The molecule has 0 aliphatic carbocycles. The summed E-state index contributed by atoms with van der Waals surface area (Å²) in [5, 5.41) is 7.35. The number of ketones is 1. The Bertz CT molecular complexity index is 689. The molecule has 1 aliphatic rings. The molecule has 1 aromatic rings. The van der Waals surface area contributed by atoms with E-state index in [1.54, 1.807) is 11.6 Å². The highest BCUT2D eigenvalue weighted by Gasteiger charge is 2.28. The fraction of sp³-hybridized carbons (Fsp3) is 0.632. The molecule has 1 N–H and O–H groups in total. The van der Waals surface area contributed by atoms with Gasteiger partial charge in [0.1, 0.15) is 12.6 Å². The number of hydrogen-bond donors (Lipinski definition) is 1. The van der Waals surface area contributed by atoms with E-state index >= 15 is 0 Å². The molecule has 7 heteroatoms. The quantitative estimate of drug-likeness (QED) is 0.591. The molecule has 0 radical (unpaired) electrons. The predicted molar refractivity (Wildman–Crippen MR) is 98.2 cm³/mol. The monoisotopic (exact) mass is 363 g/mol. The number of amides is 1. The summed E-state index contributed by atoms with van der Waals surface area (Å²) in [5.41, 5.74) is 3.14. The van der Waals surface area contributed by atoms with Gasteiger partial charge in [-0.25, -0.2) is 0 Å². The van der Waals surface area contributed by atoms with Crippen LogP contribution in [-0.2, 0) is 20.8 Å². The van der Waals surface area contributed by atoms with Crippen molar-refractivity contribution in [1.29, 1.82) is 0 Å². The molecular weight excluding hydrogens is 334 g/mol. The lowest BCUT2D eigenvalue weighted by atomic mass is 10.1. The number of Topliss-reactive ketones (excluding diaryl/α,β-unsaturated/α-hetero) is 1. The average Bonchev–Trinajstić information content (AvgIpc) is 2.82. The Morgan fingerprint density at radius 1 is 1.35 bits per heavy atom. The van der Waals surface area contributed by atoms with E-state index in [-0.39, 0.29) is 30.4 Å². The van der Waals surface area contributed by atoms with Crippen molar-refractivity contribution in [1.82, 2.24) is 15.1 Å². The van der Waals surface area contributed by atoms with Gasteiger partial charge in [-0.2, -0.15) is 5.10 Å². The second kappa shape index (κ2) is 9.09. The predicted octanol–water partition coefficient (Wildman–Crippen LogP) is 1.96. The number of carbonyl (C=O) groups is 2. The van der Waals surface area contributed by atoms with Gasteiger partial charge in [-0.05, 0) is 41.0 Å². The molecule has 7 nitrogen and oxygen atoms in total. The second-order valence-corrected chi connectivity index (χ2v) is 6.95. The Kier molecular flexibility index (Phi) is 7.11. The standard InChI is InChI=1S/C19H29N3O4/c1-12(2)6-9-26-17-11-25-8-7-16(17)20-18(24)10-22-14(4)19(15(5)23)13(3)21-22/h6,16-17H,7-11H2,1-5H3,(H,20,24)/t16-,17-/m1/s1. The van der Waals surface area contributed by atoms with E-state index in [1.807, 2.05) is 26.8 Å². The van der Waals surface area contributed by atoms with E-state index in [2.05, 4.69) is 10.4 Å². The zero-order valence-corrected chi connectivity index (χ0v) is 16.3. The van der Waals surface area contributed by atoms with E-state index in [1.165, 1.54) is 12.5 Å². The number of nitrogens with one attached hydrogen (secondary N) is 1. The lowest BCUT2D eigenvalue weighted by Gasteiger charge is -2.32. The number of hydrogen-bond acceptors (Lipinski definition) is 5. The SMILES string of the molecule is CC(=O)c1c(C)nn(CC(=O)N[C@@H]2CCOC[C@H]2OCC=C(C)C)c1C. The molecular formula is C19H29N3O4.